The van der Waals surface area contributed by atoms with E-state index in [1.165, 1.54) is 23.5 Å². The summed E-state index contributed by atoms with van der Waals surface area (Å²) in [6.45, 7) is 1.96. The zero-order chi connectivity index (χ0) is 22.4. The Hall–Kier alpha value is -1.92. The molecule has 4 nitrogen and oxygen atoms in total. The summed E-state index contributed by atoms with van der Waals surface area (Å²) < 4.78 is 15.2. The summed E-state index contributed by atoms with van der Waals surface area (Å²) in [5, 5.41) is 3.30. The fraction of sp³-hybridized carbons (Fsp3) is 0.417. The van der Waals surface area contributed by atoms with Crippen LogP contribution in [-0.2, 0) is 22.6 Å². The summed E-state index contributed by atoms with van der Waals surface area (Å²) in [6, 6.07) is 11.4. The molecular weight excluding hydrogens is 483 g/mol. The van der Waals surface area contributed by atoms with Gasteiger partial charge in [-0.2, -0.15) is 0 Å². The molecule has 0 saturated heterocycles. The molecule has 1 saturated carbocycles. The summed E-state index contributed by atoms with van der Waals surface area (Å²) >= 11 is 9.58. The lowest BCUT2D eigenvalue weighted by atomic mass is 9.95. The largest absolute Gasteiger partial charge is 0.352 e. The number of nitrogens with one attached hydrogen (secondary N) is 1. The summed E-state index contributed by atoms with van der Waals surface area (Å²) in [7, 11) is 0. The molecule has 0 bridgehead atoms. The van der Waals surface area contributed by atoms with Crippen molar-refractivity contribution in [1.82, 2.24) is 10.2 Å². The second-order valence-electron chi connectivity index (χ2n) is 8.05. The quantitative estimate of drug-likeness (QED) is 0.524. The summed E-state index contributed by atoms with van der Waals surface area (Å²) in [5.74, 6) is -1.06. The van der Waals surface area contributed by atoms with Crippen molar-refractivity contribution in [3.05, 3.63) is 68.9 Å². The molecule has 31 heavy (non-hydrogen) atoms. The molecule has 0 spiro atoms. The standard InChI is InChI=1S/C24H27BrClFN2O2/c1-16(24(31)28-19-9-3-2-4-10-19)29(15-17-7-5-8-18(25)13-17)23(30)14-20-21(26)11-6-12-22(20)27/h5-8,11-13,16,19H,2-4,9-10,14-15H2,1H3,(H,28,31)/t16-/m1/s1. The minimum atomic E-state index is -0.695. The highest BCUT2D eigenvalue weighted by molar-refractivity contribution is 9.10. The van der Waals surface area contributed by atoms with Gasteiger partial charge in [0.2, 0.25) is 11.8 Å². The number of benzene rings is 2. The third kappa shape index (κ3) is 6.53. The molecule has 0 unspecified atom stereocenters. The third-order valence-corrected chi connectivity index (χ3v) is 6.60. The Morgan fingerprint density at radius 2 is 1.90 bits per heavy atom. The van der Waals surface area contributed by atoms with Crippen molar-refractivity contribution in [1.29, 1.82) is 0 Å². The average molecular weight is 510 g/mol. The molecule has 1 fully saturated rings. The molecule has 1 N–H and O–H groups in total. The van der Waals surface area contributed by atoms with Crippen LogP contribution >= 0.6 is 27.5 Å². The minimum absolute atomic E-state index is 0.146. The van der Waals surface area contributed by atoms with Gasteiger partial charge in [-0.3, -0.25) is 9.59 Å². The van der Waals surface area contributed by atoms with E-state index in [-0.39, 0.29) is 41.4 Å². The molecule has 1 aliphatic rings. The van der Waals surface area contributed by atoms with Gasteiger partial charge >= 0.3 is 0 Å². The van der Waals surface area contributed by atoms with Crippen molar-refractivity contribution in [2.45, 2.75) is 64.1 Å². The van der Waals surface area contributed by atoms with Crippen LogP contribution in [0.15, 0.2) is 46.9 Å². The van der Waals surface area contributed by atoms with Crippen LogP contribution in [0.25, 0.3) is 0 Å². The molecule has 0 aromatic heterocycles. The van der Waals surface area contributed by atoms with Gasteiger partial charge < -0.3 is 10.2 Å². The lowest BCUT2D eigenvalue weighted by molar-refractivity contribution is -0.140. The van der Waals surface area contributed by atoms with Gasteiger partial charge in [0.05, 0.1) is 6.42 Å². The number of amides is 2. The fourth-order valence-electron chi connectivity index (χ4n) is 3.94. The Morgan fingerprint density at radius 3 is 2.58 bits per heavy atom. The van der Waals surface area contributed by atoms with Crippen LogP contribution < -0.4 is 5.32 Å². The van der Waals surface area contributed by atoms with Crippen LogP contribution in [0, 0.1) is 5.82 Å². The lowest BCUT2D eigenvalue weighted by Gasteiger charge is -2.31. The number of rotatable bonds is 7. The van der Waals surface area contributed by atoms with Crippen LogP contribution in [0.2, 0.25) is 5.02 Å². The van der Waals surface area contributed by atoms with Gasteiger partial charge in [-0.1, -0.05) is 65.0 Å². The number of hydrogen-bond acceptors (Lipinski definition) is 2. The van der Waals surface area contributed by atoms with E-state index in [0.29, 0.717) is 0 Å². The van der Waals surface area contributed by atoms with Gasteiger partial charge in [0.1, 0.15) is 11.9 Å². The van der Waals surface area contributed by atoms with Gasteiger partial charge in [0.25, 0.3) is 0 Å². The SMILES string of the molecule is C[C@H](C(=O)NC1CCCCC1)N(Cc1cccc(Br)c1)C(=O)Cc1c(F)cccc1Cl. The summed E-state index contributed by atoms with van der Waals surface area (Å²) in [6.07, 6.45) is 5.11. The number of nitrogens with zero attached hydrogens (tertiary/aromatic N) is 1. The van der Waals surface area contributed by atoms with Gasteiger partial charge in [0, 0.05) is 27.6 Å². The van der Waals surface area contributed by atoms with E-state index in [2.05, 4.69) is 21.2 Å². The Kier molecular flexibility index (Phi) is 8.50. The normalized spacial score (nSPS) is 15.4. The van der Waals surface area contributed by atoms with E-state index in [1.54, 1.807) is 13.0 Å². The third-order valence-electron chi connectivity index (χ3n) is 5.75. The van der Waals surface area contributed by atoms with Crippen molar-refractivity contribution in [3.63, 3.8) is 0 Å². The maximum Gasteiger partial charge on any atom is 0.242 e. The van der Waals surface area contributed by atoms with E-state index in [0.717, 1.165) is 35.7 Å². The average Bonchev–Trinajstić information content (AvgIpc) is 2.75. The summed E-state index contributed by atoms with van der Waals surface area (Å²) in [5.41, 5.74) is 1.02. The van der Waals surface area contributed by atoms with E-state index in [1.807, 2.05) is 24.3 Å². The maximum absolute atomic E-state index is 14.3. The first kappa shape index (κ1) is 23.7. The maximum atomic E-state index is 14.3. The Balaban J connectivity index is 1.80. The highest BCUT2D eigenvalue weighted by Crippen LogP contribution is 2.23. The Labute approximate surface area is 196 Å². The number of halogens is 3. The number of carbonyl (C=O) groups excluding carboxylic acids is 2. The molecule has 2 aromatic carbocycles. The smallest absolute Gasteiger partial charge is 0.242 e. The molecule has 2 amide bonds. The van der Waals surface area contributed by atoms with Crippen LogP contribution in [0.5, 0.6) is 0 Å². The van der Waals surface area contributed by atoms with E-state index >= 15 is 0 Å². The van der Waals surface area contributed by atoms with Crippen molar-refractivity contribution in [2.24, 2.45) is 0 Å². The molecule has 3 rings (SSSR count). The molecular formula is C24H27BrClFN2O2. The highest BCUT2D eigenvalue weighted by atomic mass is 79.9. The van der Waals surface area contributed by atoms with Gasteiger partial charge in [-0.05, 0) is 49.6 Å². The van der Waals surface area contributed by atoms with Crippen LogP contribution in [-0.4, -0.2) is 28.8 Å². The zero-order valence-corrected chi connectivity index (χ0v) is 19.9. The second kappa shape index (κ2) is 11.1. The molecule has 0 radical (unpaired) electrons. The summed E-state index contributed by atoms with van der Waals surface area (Å²) in [4.78, 5) is 27.7. The molecule has 0 heterocycles. The predicted molar refractivity (Wildman–Crippen MR) is 124 cm³/mol. The van der Waals surface area contributed by atoms with E-state index in [4.69, 9.17) is 11.6 Å². The predicted octanol–water partition coefficient (Wildman–Crippen LogP) is 5.65. The van der Waals surface area contributed by atoms with Crippen LogP contribution in [0.1, 0.15) is 50.2 Å². The van der Waals surface area contributed by atoms with Gasteiger partial charge in [-0.15, -0.1) is 0 Å². The van der Waals surface area contributed by atoms with Crippen molar-refractivity contribution in [2.75, 3.05) is 0 Å². The van der Waals surface area contributed by atoms with Crippen LogP contribution in [0.3, 0.4) is 0 Å². The molecule has 1 aliphatic carbocycles. The van der Waals surface area contributed by atoms with Crippen LogP contribution in [0.4, 0.5) is 4.39 Å². The molecule has 1 atom stereocenters. The topological polar surface area (TPSA) is 49.4 Å². The lowest BCUT2D eigenvalue weighted by Crippen LogP contribution is -2.50. The van der Waals surface area contributed by atoms with E-state index < -0.39 is 11.9 Å². The molecule has 7 heteroatoms. The second-order valence-corrected chi connectivity index (χ2v) is 9.37. The number of carbonyl (C=O) groups is 2. The molecule has 0 aliphatic heterocycles. The molecule has 2 aromatic rings. The first-order valence-electron chi connectivity index (χ1n) is 10.6. The minimum Gasteiger partial charge on any atom is -0.352 e. The molecule has 166 valence electrons. The van der Waals surface area contributed by atoms with Gasteiger partial charge in [0.15, 0.2) is 0 Å². The highest BCUT2D eigenvalue weighted by Gasteiger charge is 2.29. The fourth-order valence-corrected chi connectivity index (χ4v) is 4.61. The number of hydrogen-bond donors (Lipinski definition) is 1. The Bertz CT molecular complexity index is 913. The Morgan fingerprint density at radius 1 is 1.19 bits per heavy atom. The first-order valence-corrected chi connectivity index (χ1v) is 11.8. The first-order chi connectivity index (χ1) is 14.8. The monoisotopic (exact) mass is 508 g/mol. The van der Waals surface area contributed by atoms with Gasteiger partial charge in [-0.25, -0.2) is 4.39 Å². The van der Waals surface area contributed by atoms with E-state index in [9.17, 15) is 14.0 Å². The zero-order valence-electron chi connectivity index (χ0n) is 17.5. The van der Waals surface area contributed by atoms with Crippen molar-refractivity contribution < 1.29 is 14.0 Å². The van der Waals surface area contributed by atoms with Crippen molar-refractivity contribution >= 4 is 39.3 Å². The van der Waals surface area contributed by atoms with Crippen molar-refractivity contribution in [3.8, 4) is 0 Å².